The lowest BCUT2D eigenvalue weighted by Gasteiger charge is -2.11. The van der Waals surface area contributed by atoms with Crippen LogP contribution in [-0.2, 0) is 0 Å². The van der Waals surface area contributed by atoms with E-state index in [1.54, 1.807) is 6.07 Å². The van der Waals surface area contributed by atoms with Crippen LogP contribution >= 0.6 is 34.8 Å². The van der Waals surface area contributed by atoms with Crippen molar-refractivity contribution in [2.24, 2.45) is 0 Å². The van der Waals surface area contributed by atoms with E-state index in [0.29, 0.717) is 22.4 Å². The average molecular weight is 294 g/mol. The minimum absolute atomic E-state index is 0.0246. The number of hydrogen-bond acceptors (Lipinski definition) is 4. The van der Waals surface area contributed by atoms with E-state index in [4.69, 9.17) is 44.3 Å². The van der Waals surface area contributed by atoms with Gasteiger partial charge >= 0.3 is 0 Å². The van der Waals surface area contributed by atoms with Gasteiger partial charge in [0.05, 0.1) is 19.7 Å². The molecule has 17 heavy (non-hydrogen) atoms. The third-order valence-corrected chi connectivity index (χ3v) is 3.01. The molecule has 0 bridgehead atoms. The molecule has 0 unspecified atom stereocenters. The van der Waals surface area contributed by atoms with E-state index in [1.165, 1.54) is 14.2 Å². The zero-order valence-electron chi connectivity index (χ0n) is 8.92. The second-order valence-corrected chi connectivity index (χ2v) is 4.18. The van der Waals surface area contributed by atoms with Gasteiger partial charge in [-0.25, -0.2) is 9.97 Å². The number of nitrogens with zero attached hydrogens (tertiary/aromatic N) is 2. The van der Waals surface area contributed by atoms with Gasteiger partial charge in [-0.15, -0.1) is 0 Å². The van der Waals surface area contributed by atoms with E-state index >= 15 is 0 Å². The number of rotatable bonds is 2. The molecule has 0 fully saturated rings. The standard InChI is InChI=1S/C10H7Cl3N2O2/c1-16-5-3-4-7(6(11)8(5)17-2)14-10(13)15-9(4)12/h3H,1-2H3. The fraction of sp³-hybridized carbons (Fsp3) is 0.200. The highest BCUT2D eigenvalue weighted by Gasteiger charge is 2.17. The molecule has 0 saturated heterocycles. The summed E-state index contributed by atoms with van der Waals surface area (Å²) in [5.41, 5.74) is 0.425. The maximum absolute atomic E-state index is 6.16. The van der Waals surface area contributed by atoms with Crippen molar-refractivity contribution in [2.75, 3.05) is 14.2 Å². The van der Waals surface area contributed by atoms with Gasteiger partial charge < -0.3 is 9.47 Å². The van der Waals surface area contributed by atoms with Gasteiger partial charge in [0.15, 0.2) is 11.5 Å². The summed E-state index contributed by atoms with van der Waals surface area (Å²) >= 11 is 17.9. The van der Waals surface area contributed by atoms with Crippen molar-refractivity contribution in [3.8, 4) is 11.5 Å². The molecule has 1 heterocycles. The maximum Gasteiger partial charge on any atom is 0.224 e. The summed E-state index contributed by atoms with van der Waals surface area (Å²) in [6.45, 7) is 0. The first-order chi connectivity index (χ1) is 8.08. The second kappa shape index (κ2) is 4.72. The van der Waals surface area contributed by atoms with Crippen LogP contribution in [0.15, 0.2) is 6.07 Å². The summed E-state index contributed by atoms with van der Waals surface area (Å²) in [4.78, 5) is 7.86. The first-order valence-corrected chi connectivity index (χ1v) is 5.65. The molecule has 1 aromatic heterocycles. The fourth-order valence-electron chi connectivity index (χ4n) is 1.47. The highest BCUT2D eigenvalue weighted by molar-refractivity contribution is 6.40. The molecule has 0 aliphatic heterocycles. The van der Waals surface area contributed by atoms with Crippen molar-refractivity contribution < 1.29 is 9.47 Å². The molecule has 1 aromatic carbocycles. The van der Waals surface area contributed by atoms with Crippen LogP contribution in [0.1, 0.15) is 0 Å². The Morgan fingerprint density at radius 2 is 1.76 bits per heavy atom. The van der Waals surface area contributed by atoms with Gasteiger partial charge in [0.25, 0.3) is 0 Å². The maximum atomic E-state index is 6.16. The number of ether oxygens (including phenoxy) is 2. The predicted molar refractivity (Wildman–Crippen MR) is 67.7 cm³/mol. The van der Waals surface area contributed by atoms with Crippen LogP contribution in [0.3, 0.4) is 0 Å². The monoisotopic (exact) mass is 292 g/mol. The molecule has 4 nitrogen and oxygen atoms in total. The van der Waals surface area contributed by atoms with Crippen molar-refractivity contribution in [1.29, 1.82) is 0 Å². The van der Waals surface area contributed by atoms with Crippen molar-refractivity contribution in [2.45, 2.75) is 0 Å². The fourth-order valence-corrected chi connectivity index (χ4v) is 2.22. The molecule has 0 radical (unpaired) electrons. The van der Waals surface area contributed by atoms with Crippen LogP contribution in [0.2, 0.25) is 15.5 Å². The van der Waals surface area contributed by atoms with E-state index in [0.717, 1.165) is 0 Å². The lowest BCUT2D eigenvalue weighted by Crippen LogP contribution is -1.95. The third-order valence-electron chi connectivity index (χ3n) is 2.20. The average Bonchev–Trinajstić information content (AvgIpc) is 2.30. The van der Waals surface area contributed by atoms with Gasteiger partial charge in [-0.1, -0.05) is 23.2 Å². The molecule has 90 valence electrons. The molecule has 2 aromatic rings. The van der Waals surface area contributed by atoms with Crippen LogP contribution in [0.5, 0.6) is 11.5 Å². The molecule has 0 saturated carbocycles. The Kier molecular flexibility index (Phi) is 3.47. The van der Waals surface area contributed by atoms with Gasteiger partial charge in [0, 0.05) is 5.39 Å². The van der Waals surface area contributed by atoms with Gasteiger partial charge in [0.1, 0.15) is 10.2 Å². The Balaban J connectivity index is 2.90. The summed E-state index contributed by atoms with van der Waals surface area (Å²) in [6.07, 6.45) is 0. The minimum Gasteiger partial charge on any atom is -0.493 e. The molecule has 2 rings (SSSR count). The Bertz CT molecular complexity index is 590. The van der Waals surface area contributed by atoms with Gasteiger partial charge in [0.2, 0.25) is 5.28 Å². The summed E-state index contributed by atoms with van der Waals surface area (Å²) in [5, 5.41) is 1.08. The molecule has 0 N–H and O–H groups in total. The molecule has 0 aliphatic carbocycles. The predicted octanol–water partition coefficient (Wildman–Crippen LogP) is 3.61. The normalized spacial score (nSPS) is 10.6. The van der Waals surface area contributed by atoms with Crippen molar-refractivity contribution in [1.82, 2.24) is 9.97 Å². The van der Waals surface area contributed by atoms with E-state index in [2.05, 4.69) is 9.97 Å². The number of aromatic nitrogens is 2. The van der Waals surface area contributed by atoms with Crippen molar-refractivity contribution >= 4 is 45.7 Å². The summed E-state index contributed by atoms with van der Waals surface area (Å²) in [6, 6.07) is 1.65. The zero-order chi connectivity index (χ0) is 12.6. The van der Waals surface area contributed by atoms with Crippen LogP contribution in [0.25, 0.3) is 10.9 Å². The largest absolute Gasteiger partial charge is 0.493 e. The molecule has 0 amide bonds. The molecular formula is C10H7Cl3N2O2. The van der Waals surface area contributed by atoms with E-state index in [9.17, 15) is 0 Å². The second-order valence-electron chi connectivity index (χ2n) is 3.11. The van der Waals surface area contributed by atoms with E-state index in [1.807, 2.05) is 0 Å². The number of methoxy groups -OCH3 is 2. The number of benzene rings is 1. The summed E-state index contributed by atoms with van der Waals surface area (Å²) in [7, 11) is 2.99. The molecule has 0 atom stereocenters. The smallest absolute Gasteiger partial charge is 0.224 e. The Morgan fingerprint density at radius 1 is 1.06 bits per heavy atom. The minimum atomic E-state index is 0.0246. The Labute approximate surface area is 112 Å². The highest BCUT2D eigenvalue weighted by atomic mass is 35.5. The lowest BCUT2D eigenvalue weighted by molar-refractivity contribution is 0.356. The molecule has 0 aliphatic rings. The number of halogens is 3. The quantitative estimate of drug-likeness (QED) is 0.627. The third kappa shape index (κ3) is 2.08. The van der Waals surface area contributed by atoms with Gasteiger partial charge in [-0.05, 0) is 17.7 Å². The van der Waals surface area contributed by atoms with Crippen LogP contribution in [0.4, 0.5) is 0 Å². The number of fused-ring (bicyclic) bond motifs is 1. The first kappa shape index (κ1) is 12.5. The number of hydrogen-bond donors (Lipinski definition) is 0. The van der Waals surface area contributed by atoms with Crippen molar-refractivity contribution in [3.05, 3.63) is 21.5 Å². The SMILES string of the molecule is COc1cc2c(Cl)nc(Cl)nc2c(Cl)c1OC. The highest BCUT2D eigenvalue weighted by Crippen LogP contribution is 2.41. The van der Waals surface area contributed by atoms with E-state index in [-0.39, 0.29) is 15.5 Å². The Morgan fingerprint density at radius 3 is 2.35 bits per heavy atom. The van der Waals surface area contributed by atoms with E-state index < -0.39 is 0 Å². The molecule has 7 heteroatoms. The van der Waals surface area contributed by atoms with Gasteiger partial charge in [-0.3, -0.25) is 0 Å². The lowest BCUT2D eigenvalue weighted by atomic mass is 10.2. The molecule has 0 spiro atoms. The topological polar surface area (TPSA) is 44.2 Å². The van der Waals surface area contributed by atoms with Crippen molar-refractivity contribution in [3.63, 3.8) is 0 Å². The van der Waals surface area contributed by atoms with Gasteiger partial charge in [-0.2, -0.15) is 0 Å². The Hall–Kier alpha value is -0.970. The van der Waals surface area contributed by atoms with Crippen LogP contribution in [-0.4, -0.2) is 24.2 Å². The summed E-state index contributed by atoms with van der Waals surface area (Å²) < 4.78 is 10.3. The van der Waals surface area contributed by atoms with Crippen LogP contribution < -0.4 is 9.47 Å². The zero-order valence-corrected chi connectivity index (χ0v) is 11.2. The summed E-state index contributed by atoms with van der Waals surface area (Å²) in [5.74, 6) is 0.838. The van der Waals surface area contributed by atoms with Crippen LogP contribution in [0, 0.1) is 0 Å². The first-order valence-electron chi connectivity index (χ1n) is 4.51. The molecular weight excluding hydrogens is 286 g/mol.